The molecule has 0 saturated heterocycles. The Labute approximate surface area is 82.6 Å². The van der Waals surface area contributed by atoms with E-state index in [1.165, 1.54) is 0 Å². The van der Waals surface area contributed by atoms with E-state index in [-0.39, 0.29) is 12.6 Å². The number of nitrogens with zero attached hydrogens (tertiary/aromatic N) is 1. The van der Waals surface area contributed by atoms with E-state index in [1.54, 1.807) is 0 Å². The van der Waals surface area contributed by atoms with Crippen molar-refractivity contribution in [2.24, 2.45) is 16.5 Å². The highest BCUT2D eigenvalue weighted by Crippen LogP contribution is 2.07. The highest BCUT2D eigenvalue weighted by molar-refractivity contribution is 5.75. The molecule has 76 valence electrons. The number of aryl methyl sites for hydroxylation is 1. The molecule has 14 heavy (non-hydrogen) atoms. The van der Waals surface area contributed by atoms with Crippen LogP contribution < -0.4 is 11.5 Å². The molecule has 0 aromatic heterocycles. The standard InChI is InChI=1S/C10H14FN3/c11-5-4-8-2-1-3-9(6-8)7-14-10(12)13/h1-3,6H,4-5,7H2,(H4,12,13,14). The van der Waals surface area contributed by atoms with Crippen molar-refractivity contribution in [3.05, 3.63) is 35.4 Å². The monoisotopic (exact) mass is 195 g/mol. The Morgan fingerprint density at radius 3 is 2.64 bits per heavy atom. The summed E-state index contributed by atoms with van der Waals surface area (Å²) >= 11 is 0. The number of hydrogen-bond acceptors (Lipinski definition) is 1. The number of alkyl halides is 1. The molecule has 0 amide bonds. The molecule has 0 spiro atoms. The molecule has 0 radical (unpaired) electrons. The van der Waals surface area contributed by atoms with E-state index in [0.29, 0.717) is 13.0 Å². The van der Waals surface area contributed by atoms with E-state index in [0.717, 1.165) is 11.1 Å². The molecule has 4 N–H and O–H groups in total. The zero-order valence-electron chi connectivity index (χ0n) is 7.91. The molecule has 1 aromatic carbocycles. The summed E-state index contributed by atoms with van der Waals surface area (Å²) in [6, 6.07) is 7.58. The Morgan fingerprint density at radius 2 is 2.00 bits per heavy atom. The molecule has 1 aromatic rings. The second-order valence-corrected chi connectivity index (χ2v) is 3.00. The predicted molar refractivity (Wildman–Crippen MR) is 55.6 cm³/mol. The van der Waals surface area contributed by atoms with Crippen LogP contribution in [0.1, 0.15) is 11.1 Å². The normalized spacial score (nSPS) is 9.79. The summed E-state index contributed by atoms with van der Waals surface area (Å²) in [4.78, 5) is 3.87. The summed E-state index contributed by atoms with van der Waals surface area (Å²) < 4.78 is 12.1. The molecule has 1 rings (SSSR count). The molecule has 0 heterocycles. The summed E-state index contributed by atoms with van der Waals surface area (Å²) in [5.41, 5.74) is 12.4. The molecule has 0 aliphatic rings. The van der Waals surface area contributed by atoms with E-state index >= 15 is 0 Å². The van der Waals surface area contributed by atoms with Crippen molar-refractivity contribution in [1.82, 2.24) is 0 Å². The number of benzene rings is 1. The number of guanidine groups is 1. The Kier molecular flexibility index (Phi) is 3.91. The molecule has 0 aliphatic heterocycles. The lowest BCUT2D eigenvalue weighted by Gasteiger charge is -2.01. The smallest absolute Gasteiger partial charge is 0.186 e. The number of halogens is 1. The zero-order chi connectivity index (χ0) is 10.4. The molecule has 0 aliphatic carbocycles. The Morgan fingerprint density at radius 1 is 1.29 bits per heavy atom. The van der Waals surface area contributed by atoms with Crippen LogP contribution in [0.3, 0.4) is 0 Å². The van der Waals surface area contributed by atoms with Crippen LogP contribution in [-0.2, 0) is 13.0 Å². The van der Waals surface area contributed by atoms with Gasteiger partial charge >= 0.3 is 0 Å². The second-order valence-electron chi connectivity index (χ2n) is 3.00. The van der Waals surface area contributed by atoms with Crippen LogP contribution in [0.25, 0.3) is 0 Å². The average molecular weight is 195 g/mol. The Bertz CT molecular complexity index is 319. The van der Waals surface area contributed by atoms with Crippen LogP contribution in [0.2, 0.25) is 0 Å². The van der Waals surface area contributed by atoms with Gasteiger partial charge in [-0.25, -0.2) is 4.99 Å². The van der Waals surface area contributed by atoms with Crippen molar-refractivity contribution in [2.45, 2.75) is 13.0 Å². The van der Waals surface area contributed by atoms with Gasteiger partial charge in [-0.05, 0) is 11.1 Å². The lowest BCUT2D eigenvalue weighted by molar-refractivity contribution is 0.495. The van der Waals surface area contributed by atoms with Crippen LogP contribution in [0.15, 0.2) is 29.3 Å². The number of rotatable bonds is 4. The maximum absolute atomic E-state index is 12.1. The van der Waals surface area contributed by atoms with E-state index in [1.807, 2.05) is 24.3 Å². The lowest BCUT2D eigenvalue weighted by Crippen LogP contribution is -2.22. The fourth-order valence-electron chi connectivity index (χ4n) is 1.18. The molecule has 0 fully saturated rings. The zero-order valence-corrected chi connectivity index (χ0v) is 7.91. The van der Waals surface area contributed by atoms with Crippen molar-refractivity contribution < 1.29 is 4.39 Å². The van der Waals surface area contributed by atoms with Gasteiger partial charge in [0, 0.05) is 6.42 Å². The maximum Gasteiger partial charge on any atom is 0.186 e. The van der Waals surface area contributed by atoms with Crippen molar-refractivity contribution in [1.29, 1.82) is 0 Å². The number of nitrogens with two attached hydrogens (primary N) is 2. The highest BCUT2D eigenvalue weighted by atomic mass is 19.1. The first-order valence-corrected chi connectivity index (χ1v) is 4.41. The highest BCUT2D eigenvalue weighted by Gasteiger charge is 1.95. The van der Waals surface area contributed by atoms with Crippen molar-refractivity contribution >= 4 is 5.96 Å². The topological polar surface area (TPSA) is 64.4 Å². The molecular formula is C10H14FN3. The van der Waals surface area contributed by atoms with Crippen LogP contribution in [-0.4, -0.2) is 12.6 Å². The minimum Gasteiger partial charge on any atom is -0.370 e. The van der Waals surface area contributed by atoms with Crippen molar-refractivity contribution in [3.63, 3.8) is 0 Å². The van der Waals surface area contributed by atoms with Crippen LogP contribution in [0.4, 0.5) is 4.39 Å². The quantitative estimate of drug-likeness (QED) is 0.555. The van der Waals surface area contributed by atoms with Crippen LogP contribution in [0, 0.1) is 0 Å². The Balaban J connectivity index is 2.68. The first-order chi connectivity index (χ1) is 6.72. The SMILES string of the molecule is NC(N)=NCc1cccc(CCF)c1. The Hall–Kier alpha value is -1.58. The number of aliphatic imine (C=N–C) groups is 1. The predicted octanol–water partition coefficient (Wildman–Crippen LogP) is 0.972. The summed E-state index contributed by atoms with van der Waals surface area (Å²) in [5, 5.41) is 0. The van der Waals surface area contributed by atoms with Gasteiger partial charge in [0.2, 0.25) is 0 Å². The third-order valence-corrected chi connectivity index (χ3v) is 1.82. The van der Waals surface area contributed by atoms with Gasteiger partial charge in [-0.15, -0.1) is 0 Å². The largest absolute Gasteiger partial charge is 0.370 e. The molecule has 0 atom stereocenters. The third kappa shape index (κ3) is 3.43. The van der Waals surface area contributed by atoms with E-state index in [2.05, 4.69) is 4.99 Å². The number of hydrogen-bond donors (Lipinski definition) is 2. The molecule has 0 saturated carbocycles. The van der Waals surface area contributed by atoms with Crippen molar-refractivity contribution in [3.8, 4) is 0 Å². The molecule has 0 bridgehead atoms. The second kappa shape index (κ2) is 5.21. The van der Waals surface area contributed by atoms with E-state index < -0.39 is 0 Å². The molecular weight excluding hydrogens is 181 g/mol. The van der Waals surface area contributed by atoms with Gasteiger partial charge in [-0.3, -0.25) is 4.39 Å². The average Bonchev–Trinajstić information content (AvgIpc) is 2.16. The van der Waals surface area contributed by atoms with Crippen LogP contribution in [0.5, 0.6) is 0 Å². The van der Waals surface area contributed by atoms with Gasteiger partial charge in [0.15, 0.2) is 5.96 Å². The molecule has 4 heteroatoms. The minimum absolute atomic E-state index is 0.0703. The van der Waals surface area contributed by atoms with Gasteiger partial charge in [0.1, 0.15) is 0 Å². The summed E-state index contributed by atoms with van der Waals surface area (Å²) in [6.45, 7) is 0.105. The van der Waals surface area contributed by atoms with E-state index in [9.17, 15) is 4.39 Å². The first kappa shape index (κ1) is 10.5. The molecule has 3 nitrogen and oxygen atoms in total. The van der Waals surface area contributed by atoms with Gasteiger partial charge in [-0.2, -0.15) is 0 Å². The van der Waals surface area contributed by atoms with E-state index in [4.69, 9.17) is 11.5 Å². The fraction of sp³-hybridized carbons (Fsp3) is 0.300. The van der Waals surface area contributed by atoms with Crippen molar-refractivity contribution in [2.75, 3.05) is 6.67 Å². The summed E-state index contributed by atoms with van der Waals surface area (Å²) in [5.74, 6) is 0.0703. The van der Waals surface area contributed by atoms with Gasteiger partial charge in [0.05, 0.1) is 13.2 Å². The summed E-state index contributed by atoms with van der Waals surface area (Å²) in [7, 11) is 0. The first-order valence-electron chi connectivity index (χ1n) is 4.41. The fourth-order valence-corrected chi connectivity index (χ4v) is 1.18. The lowest BCUT2D eigenvalue weighted by atomic mass is 10.1. The van der Waals surface area contributed by atoms with Gasteiger partial charge in [0.25, 0.3) is 0 Å². The maximum atomic E-state index is 12.1. The molecule has 0 unspecified atom stereocenters. The van der Waals surface area contributed by atoms with Gasteiger partial charge in [-0.1, -0.05) is 24.3 Å². The summed E-state index contributed by atoms with van der Waals surface area (Å²) in [6.07, 6.45) is 0.440. The van der Waals surface area contributed by atoms with Gasteiger partial charge < -0.3 is 11.5 Å². The van der Waals surface area contributed by atoms with Crippen LogP contribution >= 0.6 is 0 Å². The minimum atomic E-state index is -0.342. The third-order valence-electron chi connectivity index (χ3n) is 1.82.